The van der Waals surface area contributed by atoms with Crippen molar-refractivity contribution in [3.05, 3.63) is 51.7 Å². The summed E-state index contributed by atoms with van der Waals surface area (Å²) in [4.78, 5) is 30.8. The summed E-state index contributed by atoms with van der Waals surface area (Å²) in [5, 5.41) is 3.75. The van der Waals surface area contributed by atoms with Crippen molar-refractivity contribution in [2.24, 2.45) is 0 Å². The van der Waals surface area contributed by atoms with Gasteiger partial charge in [0.15, 0.2) is 22.3 Å². The molecule has 0 saturated heterocycles. The summed E-state index contributed by atoms with van der Waals surface area (Å²) in [6, 6.07) is 7.76. The van der Waals surface area contributed by atoms with E-state index in [9.17, 15) is 4.79 Å². The number of thioether (sulfide) groups is 1. The molecule has 0 radical (unpaired) electrons. The molecule has 4 aromatic heterocycles. The molecule has 0 aliphatic rings. The van der Waals surface area contributed by atoms with Crippen molar-refractivity contribution in [3.8, 4) is 5.82 Å². The molecule has 5 aromatic rings. The topological polar surface area (TPSA) is 78.0 Å². The van der Waals surface area contributed by atoms with Gasteiger partial charge in [0.2, 0.25) is 0 Å². The molecule has 5 rings (SSSR count). The fourth-order valence-corrected chi connectivity index (χ4v) is 3.75. The average molecular weight is 366 g/mol. The van der Waals surface area contributed by atoms with E-state index in [4.69, 9.17) is 0 Å². The van der Waals surface area contributed by atoms with Crippen molar-refractivity contribution in [2.45, 2.75) is 5.16 Å². The molecule has 25 heavy (non-hydrogen) atoms. The third kappa shape index (κ3) is 2.02. The first kappa shape index (κ1) is 14.6. The minimum atomic E-state index is -0.211. The molecule has 0 aliphatic heterocycles. The molecule has 0 saturated carbocycles. The van der Waals surface area contributed by atoms with E-state index in [0.717, 1.165) is 10.9 Å². The third-order valence-corrected chi connectivity index (χ3v) is 5.11. The molecule has 122 valence electrons. The second kappa shape index (κ2) is 5.36. The largest absolute Gasteiger partial charge is 0.284 e. The van der Waals surface area contributed by atoms with E-state index in [1.165, 1.54) is 23.1 Å². The molecule has 0 bridgehead atoms. The van der Waals surface area contributed by atoms with Crippen molar-refractivity contribution in [3.63, 3.8) is 0 Å². The number of thiazole rings is 1. The third-order valence-electron chi connectivity index (χ3n) is 3.97. The number of nitrogens with zero attached hydrogens (tertiary/aromatic N) is 6. The molecule has 9 heteroatoms. The van der Waals surface area contributed by atoms with Gasteiger partial charge in [-0.15, -0.1) is 11.3 Å². The predicted molar refractivity (Wildman–Crippen MR) is 98.8 cm³/mol. The molecule has 0 N–H and O–H groups in total. The molecule has 0 fully saturated rings. The summed E-state index contributed by atoms with van der Waals surface area (Å²) in [6.45, 7) is 0. The zero-order chi connectivity index (χ0) is 17.0. The predicted octanol–water partition coefficient (Wildman–Crippen LogP) is 2.76. The van der Waals surface area contributed by atoms with Gasteiger partial charge >= 0.3 is 0 Å². The molecule has 1 aromatic carbocycles. The Hall–Kier alpha value is -2.78. The van der Waals surface area contributed by atoms with Gasteiger partial charge < -0.3 is 0 Å². The monoisotopic (exact) mass is 366 g/mol. The van der Waals surface area contributed by atoms with Crippen LogP contribution in [0.1, 0.15) is 0 Å². The number of para-hydroxylation sites is 1. The highest BCUT2D eigenvalue weighted by Gasteiger charge is 2.18. The quantitative estimate of drug-likeness (QED) is 0.353. The minimum absolute atomic E-state index is 0.211. The Morgan fingerprint density at radius 2 is 2.00 bits per heavy atom. The van der Waals surface area contributed by atoms with Gasteiger partial charge in [-0.2, -0.15) is 4.52 Å². The Bertz CT molecular complexity index is 1310. The Kier molecular flexibility index (Phi) is 3.12. The SMILES string of the molecule is CSc1ncc2c(=O)n3c(nc2n1)c1ccccc1n3-c1cscn1. The van der Waals surface area contributed by atoms with E-state index in [-0.39, 0.29) is 5.56 Å². The van der Waals surface area contributed by atoms with Crippen molar-refractivity contribution in [2.75, 3.05) is 6.26 Å². The average Bonchev–Trinajstić information content (AvgIpc) is 3.27. The Morgan fingerprint density at radius 3 is 2.80 bits per heavy atom. The van der Waals surface area contributed by atoms with Crippen LogP contribution in [0.3, 0.4) is 0 Å². The van der Waals surface area contributed by atoms with E-state index in [0.29, 0.717) is 27.7 Å². The van der Waals surface area contributed by atoms with Crippen molar-refractivity contribution >= 4 is 50.7 Å². The second-order valence-electron chi connectivity index (χ2n) is 5.32. The van der Waals surface area contributed by atoms with Crippen LogP contribution in [0, 0.1) is 0 Å². The number of aromatic nitrogens is 6. The van der Waals surface area contributed by atoms with Crippen LogP contribution in [0.25, 0.3) is 33.4 Å². The lowest BCUT2D eigenvalue weighted by atomic mass is 10.2. The summed E-state index contributed by atoms with van der Waals surface area (Å²) in [6.07, 6.45) is 3.43. The van der Waals surface area contributed by atoms with Gasteiger partial charge in [0.1, 0.15) is 5.39 Å². The molecule has 0 unspecified atom stereocenters. The lowest BCUT2D eigenvalue weighted by Gasteiger charge is -2.05. The molecule has 0 amide bonds. The summed E-state index contributed by atoms with van der Waals surface area (Å²) in [5.74, 6) is 0.682. The fourth-order valence-electron chi connectivity index (χ4n) is 2.90. The van der Waals surface area contributed by atoms with E-state index in [1.807, 2.05) is 35.9 Å². The Balaban J connectivity index is 2.05. The highest BCUT2D eigenvalue weighted by Crippen LogP contribution is 2.24. The first-order valence-corrected chi connectivity index (χ1v) is 9.56. The van der Waals surface area contributed by atoms with Crippen LogP contribution in [0.5, 0.6) is 0 Å². The van der Waals surface area contributed by atoms with Crippen molar-refractivity contribution in [1.82, 2.24) is 29.1 Å². The van der Waals surface area contributed by atoms with Crippen molar-refractivity contribution < 1.29 is 0 Å². The lowest BCUT2D eigenvalue weighted by Crippen LogP contribution is -2.21. The van der Waals surface area contributed by atoms with E-state index < -0.39 is 0 Å². The number of benzene rings is 1. The maximum absolute atomic E-state index is 13.2. The first-order valence-electron chi connectivity index (χ1n) is 7.40. The van der Waals surface area contributed by atoms with Crippen LogP contribution >= 0.6 is 23.1 Å². The van der Waals surface area contributed by atoms with E-state index in [2.05, 4.69) is 19.9 Å². The second-order valence-corrected chi connectivity index (χ2v) is 6.81. The molecular formula is C16H10N6OS2. The zero-order valence-corrected chi connectivity index (χ0v) is 14.6. The van der Waals surface area contributed by atoms with Crippen LogP contribution in [0.4, 0.5) is 0 Å². The summed E-state index contributed by atoms with van der Waals surface area (Å²) >= 11 is 2.89. The molecule has 0 spiro atoms. The zero-order valence-electron chi connectivity index (χ0n) is 12.9. The Morgan fingerprint density at radius 1 is 1.12 bits per heavy atom. The first-order chi connectivity index (χ1) is 12.3. The molecule has 0 atom stereocenters. The Labute approximate surface area is 149 Å². The molecular weight excluding hydrogens is 356 g/mol. The van der Waals surface area contributed by atoms with Gasteiger partial charge in [-0.05, 0) is 18.4 Å². The highest BCUT2D eigenvalue weighted by molar-refractivity contribution is 7.98. The van der Waals surface area contributed by atoms with Crippen molar-refractivity contribution in [1.29, 1.82) is 0 Å². The van der Waals surface area contributed by atoms with Crippen LogP contribution in [0.15, 0.2) is 51.3 Å². The maximum Gasteiger partial charge on any atom is 0.284 e. The summed E-state index contributed by atoms with van der Waals surface area (Å²) < 4.78 is 3.34. The van der Waals surface area contributed by atoms with Crippen LogP contribution in [0.2, 0.25) is 0 Å². The van der Waals surface area contributed by atoms with Gasteiger partial charge in [0, 0.05) is 17.0 Å². The van der Waals surface area contributed by atoms with E-state index in [1.54, 1.807) is 20.9 Å². The number of rotatable bonds is 2. The summed E-state index contributed by atoms with van der Waals surface area (Å²) in [7, 11) is 0. The normalized spacial score (nSPS) is 11.7. The van der Waals surface area contributed by atoms with Crippen LogP contribution < -0.4 is 5.56 Å². The van der Waals surface area contributed by atoms with Crippen LogP contribution in [-0.2, 0) is 0 Å². The van der Waals surface area contributed by atoms with Gasteiger partial charge in [-0.1, -0.05) is 23.9 Å². The maximum atomic E-state index is 13.2. The lowest BCUT2D eigenvalue weighted by molar-refractivity contribution is 0.775. The van der Waals surface area contributed by atoms with Crippen LogP contribution in [-0.4, -0.2) is 35.4 Å². The molecule has 7 nitrogen and oxygen atoms in total. The molecule has 0 aliphatic carbocycles. The number of hydrogen-bond donors (Lipinski definition) is 0. The highest BCUT2D eigenvalue weighted by atomic mass is 32.2. The smallest absolute Gasteiger partial charge is 0.266 e. The van der Waals surface area contributed by atoms with E-state index >= 15 is 0 Å². The minimum Gasteiger partial charge on any atom is -0.266 e. The summed E-state index contributed by atoms with van der Waals surface area (Å²) in [5.41, 5.74) is 3.36. The standard InChI is InChI=1S/C16H10N6OS2/c1-24-16-17-6-10-13(20-16)19-14-9-4-2-3-5-11(9)21(22(14)15(10)23)12-7-25-8-18-12/h2-8H,1H3. The van der Waals surface area contributed by atoms with Gasteiger partial charge in [0.05, 0.1) is 11.0 Å². The fraction of sp³-hybridized carbons (Fsp3) is 0.0625. The van der Waals surface area contributed by atoms with Gasteiger partial charge in [0.25, 0.3) is 5.56 Å². The number of hydrogen-bond acceptors (Lipinski definition) is 7. The van der Waals surface area contributed by atoms with Gasteiger partial charge in [-0.3, -0.25) is 4.79 Å². The molecule has 4 heterocycles. The number of fused-ring (bicyclic) bond motifs is 4. The van der Waals surface area contributed by atoms with Gasteiger partial charge in [-0.25, -0.2) is 24.6 Å².